The minimum Gasteiger partial charge on any atom is -0.463 e. The Hall–Kier alpha value is -4.83. The lowest BCUT2D eigenvalue weighted by atomic mass is 10.0. The lowest BCUT2D eigenvalue weighted by molar-refractivity contribution is -0.161. The molecule has 4 N–H and O–H groups in total. The van der Waals surface area contributed by atoms with Crippen LogP contribution >= 0.6 is 15.6 Å². The zero-order valence-corrected chi connectivity index (χ0v) is 68.8. The molecule has 0 rings (SSSR count). The van der Waals surface area contributed by atoms with Crippen LogP contribution in [0.4, 0.5) is 0 Å². The van der Waals surface area contributed by atoms with Crippen LogP contribution < -0.4 is 0 Å². The first-order chi connectivity index (χ1) is 52.2. The molecule has 16 nitrogen and oxygen atoms in total. The SMILES string of the molecule is CC/C=C\C/C=C\C/C=C\C/C=C\C/C=C\C/C=C\CCCCCCCCCCCCCCC(=O)OCC(O)COP(=O)(O)OCC(O)COP(=O)(O)OCC(COC(=O)CCCCCCCCCCCCC/C=C\C/C=C\C/C=C\C/C=C\C/C=C\CC)OC(=O)CCCCCCC/C=C\C/C=C\CCC. The number of carbonyl (C=O) groups excluding carboxylic acids is 3. The van der Waals surface area contributed by atoms with Crippen molar-refractivity contribution >= 4 is 33.6 Å². The Morgan fingerprint density at radius 3 is 0.785 bits per heavy atom. The fraction of sp³-hybridized carbons (Fsp3) is 0.674. The molecule has 0 saturated heterocycles. The third-order valence-corrected chi connectivity index (χ3v) is 19.1. The molecule has 0 amide bonds. The Kier molecular flexibility index (Phi) is 77.0. The molecule has 0 heterocycles. The predicted octanol–water partition coefficient (Wildman–Crippen LogP) is 25.0. The van der Waals surface area contributed by atoms with Crippen LogP contribution in [-0.4, -0.2) is 95.9 Å². The van der Waals surface area contributed by atoms with Gasteiger partial charge >= 0.3 is 33.6 Å². The van der Waals surface area contributed by atoms with E-state index in [1.165, 1.54) is 89.9 Å². The molecule has 0 aromatic heterocycles. The second-order valence-electron chi connectivity index (χ2n) is 27.5. The summed E-state index contributed by atoms with van der Waals surface area (Å²) in [7, 11) is -9.80. The Labute approximate surface area is 650 Å². The highest BCUT2D eigenvalue weighted by atomic mass is 31.2. The Bertz CT molecular complexity index is 2580. The molecule has 5 atom stereocenters. The van der Waals surface area contributed by atoms with Gasteiger partial charge in [-0.15, -0.1) is 0 Å². The van der Waals surface area contributed by atoms with Crippen LogP contribution in [0.5, 0.6) is 0 Å². The minimum atomic E-state index is -4.94. The first-order valence-corrected chi connectivity index (χ1v) is 44.8. The molecule has 0 aliphatic carbocycles. The van der Waals surface area contributed by atoms with Gasteiger partial charge in [-0.25, -0.2) is 9.13 Å². The van der Waals surface area contributed by atoms with Crippen molar-refractivity contribution in [1.29, 1.82) is 0 Å². The van der Waals surface area contributed by atoms with E-state index in [2.05, 4.69) is 179 Å². The van der Waals surface area contributed by atoms with Gasteiger partial charge in [0.1, 0.15) is 25.4 Å². The van der Waals surface area contributed by atoms with Gasteiger partial charge < -0.3 is 34.2 Å². The van der Waals surface area contributed by atoms with Crippen LogP contribution in [0.3, 0.4) is 0 Å². The molecule has 0 spiro atoms. The molecule has 0 aromatic rings. The van der Waals surface area contributed by atoms with Crippen molar-refractivity contribution in [3.63, 3.8) is 0 Å². The van der Waals surface area contributed by atoms with Gasteiger partial charge in [0, 0.05) is 19.3 Å². The Morgan fingerprint density at radius 1 is 0.271 bits per heavy atom. The quantitative estimate of drug-likeness (QED) is 0.0146. The van der Waals surface area contributed by atoms with E-state index in [-0.39, 0.29) is 19.3 Å². The molecule has 5 unspecified atom stereocenters. The van der Waals surface area contributed by atoms with Gasteiger partial charge in [-0.05, 0) is 141 Å². The van der Waals surface area contributed by atoms with E-state index in [1.54, 1.807) is 0 Å². The third kappa shape index (κ3) is 82.0. The molecule has 0 saturated carbocycles. The van der Waals surface area contributed by atoms with Gasteiger partial charge in [0.25, 0.3) is 0 Å². The summed E-state index contributed by atoms with van der Waals surface area (Å²) in [5, 5.41) is 20.7. The summed E-state index contributed by atoms with van der Waals surface area (Å²) >= 11 is 0. The smallest absolute Gasteiger partial charge is 0.463 e. The average molecular weight is 1540 g/mol. The van der Waals surface area contributed by atoms with Crippen molar-refractivity contribution < 1.29 is 75.8 Å². The third-order valence-electron chi connectivity index (χ3n) is 17.2. The molecule has 107 heavy (non-hydrogen) atoms. The monoisotopic (exact) mass is 1540 g/mol. The van der Waals surface area contributed by atoms with E-state index in [0.717, 1.165) is 180 Å². The summed E-state index contributed by atoms with van der Waals surface area (Å²) in [4.78, 5) is 58.7. The van der Waals surface area contributed by atoms with Gasteiger partial charge in [-0.1, -0.05) is 326 Å². The summed E-state index contributed by atoms with van der Waals surface area (Å²) in [5.74, 6) is -1.60. The maximum atomic E-state index is 13.0. The first-order valence-electron chi connectivity index (χ1n) is 41.8. The van der Waals surface area contributed by atoms with Gasteiger partial charge in [-0.2, -0.15) is 0 Å². The van der Waals surface area contributed by atoms with Crippen LogP contribution in [0, 0.1) is 0 Å². The lowest BCUT2D eigenvalue weighted by Crippen LogP contribution is -2.30. The van der Waals surface area contributed by atoms with E-state index in [1.807, 2.05) is 0 Å². The van der Waals surface area contributed by atoms with E-state index >= 15 is 0 Å². The van der Waals surface area contributed by atoms with Crippen molar-refractivity contribution in [2.75, 3.05) is 39.6 Å². The summed E-state index contributed by atoms with van der Waals surface area (Å²) in [5.41, 5.74) is 0. The minimum absolute atomic E-state index is 0.0847. The maximum Gasteiger partial charge on any atom is 0.472 e. The molecule has 612 valence electrons. The number of carbonyl (C=O) groups is 3. The van der Waals surface area contributed by atoms with Gasteiger partial charge in [0.2, 0.25) is 0 Å². The van der Waals surface area contributed by atoms with Crippen molar-refractivity contribution in [3.05, 3.63) is 158 Å². The summed E-state index contributed by atoms with van der Waals surface area (Å²) in [6.45, 7) is 2.38. The lowest BCUT2D eigenvalue weighted by Gasteiger charge is -2.21. The highest BCUT2D eigenvalue weighted by Crippen LogP contribution is 2.45. The predicted molar refractivity (Wildman–Crippen MR) is 445 cm³/mol. The van der Waals surface area contributed by atoms with Crippen molar-refractivity contribution in [3.8, 4) is 0 Å². The molecule has 0 bridgehead atoms. The fourth-order valence-electron chi connectivity index (χ4n) is 10.9. The maximum absolute atomic E-state index is 13.0. The molecule has 0 fully saturated rings. The molecular weight excluding hydrogens is 1390 g/mol. The standard InChI is InChI=1S/C89H150O16P2/c1-4-7-10-13-16-19-22-25-27-29-31-33-35-37-39-40-41-42-44-46-47-49-51-53-55-58-60-63-66-69-72-75-87(92)99-78-84(90)79-101-106(95,96)102-80-85(91)81-103-107(97,98)104-83-86(105-89(94)77-74-71-68-65-62-57-24-21-18-15-12-9-6-3)82-100-88(93)76-73-70-67-64-61-59-56-54-52-50-48-45-43-38-36-34-32-30-28-26-23-20-17-14-11-8-5-2/h7-8,10-12,15-17,19-21,24-28,31-34,37-39,41-43,84-86,90-91H,4-6,9,13-14,18,22-23,29-30,35-36,40,44-83H2,1-3H3,(H,95,96)(H,97,98)/b10-7-,11-8-,15-12-,19-16-,20-17-,24-21-,27-25-,28-26-,33-31-,34-32-,39-37-,42-41-,43-38-. The van der Waals surface area contributed by atoms with Gasteiger partial charge in [0.05, 0.1) is 26.4 Å². The number of phosphoric acid groups is 2. The number of hydrogen-bond donors (Lipinski definition) is 4. The summed E-state index contributed by atoms with van der Waals surface area (Å²) in [6, 6.07) is 0. The van der Waals surface area contributed by atoms with E-state index in [4.69, 9.17) is 32.3 Å². The first kappa shape index (κ1) is 102. The van der Waals surface area contributed by atoms with Crippen molar-refractivity contribution in [1.82, 2.24) is 0 Å². The Balaban J connectivity index is 4.47. The molecular formula is C89H150O16P2. The number of ether oxygens (including phenoxy) is 3. The molecule has 0 aliphatic rings. The van der Waals surface area contributed by atoms with E-state index < -0.39 is 91.5 Å². The molecule has 0 aliphatic heterocycles. The van der Waals surface area contributed by atoms with E-state index in [0.29, 0.717) is 19.3 Å². The van der Waals surface area contributed by atoms with Crippen LogP contribution in [0.2, 0.25) is 0 Å². The summed E-state index contributed by atoms with van der Waals surface area (Å²) in [6.07, 6.45) is 102. The number of unbranched alkanes of at least 4 members (excludes halogenated alkanes) is 29. The zero-order chi connectivity index (χ0) is 78.0. The second-order valence-corrected chi connectivity index (χ2v) is 30.4. The number of esters is 3. The normalized spacial score (nSPS) is 14.7. The number of aliphatic hydroxyl groups excluding tert-OH is 2. The topological polar surface area (TPSA) is 231 Å². The number of phosphoric ester groups is 2. The van der Waals surface area contributed by atoms with E-state index in [9.17, 15) is 43.5 Å². The van der Waals surface area contributed by atoms with Crippen molar-refractivity contribution in [2.24, 2.45) is 0 Å². The second kappa shape index (κ2) is 80.7. The fourth-order valence-corrected chi connectivity index (χ4v) is 12.5. The number of hydrogen-bond acceptors (Lipinski definition) is 14. The average Bonchev–Trinajstić information content (AvgIpc) is 1.06. The van der Waals surface area contributed by atoms with Crippen LogP contribution in [-0.2, 0) is 55.8 Å². The summed E-state index contributed by atoms with van der Waals surface area (Å²) < 4.78 is 61.2. The molecule has 0 aromatic carbocycles. The number of rotatable bonds is 78. The van der Waals surface area contributed by atoms with Crippen molar-refractivity contribution in [2.45, 2.75) is 347 Å². The highest BCUT2D eigenvalue weighted by Gasteiger charge is 2.29. The van der Waals surface area contributed by atoms with Crippen LogP contribution in [0.15, 0.2) is 158 Å². The Morgan fingerprint density at radius 2 is 0.495 bits per heavy atom. The molecule has 18 heteroatoms. The highest BCUT2D eigenvalue weighted by molar-refractivity contribution is 7.47. The van der Waals surface area contributed by atoms with Crippen LogP contribution in [0.25, 0.3) is 0 Å². The number of aliphatic hydroxyl groups is 2. The zero-order valence-electron chi connectivity index (χ0n) is 67.0. The molecule has 0 radical (unpaired) electrons. The largest absolute Gasteiger partial charge is 0.472 e. The van der Waals surface area contributed by atoms with Crippen LogP contribution in [0.1, 0.15) is 329 Å². The number of allylic oxidation sites excluding steroid dienone is 26. The van der Waals surface area contributed by atoms with Gasteiger partial charge in [0.15, 0.2) is 6.10 Å². The van der Waals surface area contributed by atoms with Gasteiger partial charge in [-0.3, -0.25) is 32.5 Å².